The predicted octanol–water partition coefficient (Wildman–Crippen LogP) is 4.47. The van der Waals surface area contributed by atoms with Crippen molar-refractivity contribution in [2.24, 2.45) is 7.05 Å². The second-order valence-electron chi connectivity index (χ2n) is 5.63. The number of halogens is 1. The molecule has 1 heterocycles. The van der Waals surface area contributed by atoms with Gasteiger partial charge in [0.25, 0.3) is 0 Å². The third kappa shape index (κ3) is 2.70. The van der Waals surface area contributed by atoms with Gasteiger partial charge >= 0.3 is 0 Å². The lowest BCUT2D eigenvalue weighted by atomic mass is 10.00. The Kier molecular flexibility index (Phi) is 3.74. The van der Waals surface area contributed by atoms with Crippen LogP contribution >= 0.6 is 0 Å². The average molecular weight is 260 g/mol. The van der Waals surface area contributed by atoms with Gasteiger partial charge in [0.2, 0.25) is 0 Å². The summed E-state index contributed by atoms with van der Waals surface area (Å²) in [5, 5.41) is 4.41. The number of hydrogen-bond acceptors (Lipinski definition) is 1. The Morgan fingerprint density at radius 1 is 1.05 bits per heavy atom. The highest BCUT2D eigenvalue weighted by molar-refractivity contribution is 5.61. The van der Waals surface area contributed by atoms with Crippen molar-refractivity contribution in [1.29, 1.82) is 0 Å². The summed E-state index contributed by atoms with van der Waals surface area (Å²) in [5.74, 6) is 0.516. The van der Waals surface area contributed by atoms with Crippen LogP contribution in [0.15, 0.2) is 24.3 Å². The van der Waals surface area contributed by atoms with Crippen molar-refractivity contribution in [2.75, 3.05) is 0 Å². The molecule has 0 saturated carbocycles. The molecular weight excluding hydrogens is 239 g/mol. The second-order valence-corrected chi connectivity index (χ2v) is 5.63. The zero-order valence-electron chi connectivity index (χ0n) is 12.2. The van der Waals surface area contributed by atoms with E-state index in [2.05, 4.69) is 32.8 Å². The third-order valence-corrected chi connectivity index (χ3v) is 3.44. The molecule has 19 heavy (non-hydrogen) atoms. The number of hydrogen-bond donors (Lipinski definition) is 0. The third-order valence-electron chi connectivity index (χ3n) is 3.44. The van der Waals surface area contributed by atoms with Crippen LogP contribution in [-0.2, 0) is 7.05 Å². The lowest BCUT2D eigenvalue weighted by Crippen LogP contribution is -1.99. The van der Waals surface area contributed by atoms with E-state index in [1.165, 1.54) is 0 Å². The van der Waals surface area contributed by atoms with Gasteiger partial charge in [-0.3, -0.25) is 4.68 Å². The molecule has 2 aromatic rings. The molecule has 0 atom stereocenters. The van der Waals surface area contributed by atoms with Crippen LogP contribution in [0.2, 0.25) is 0 Å². The Hall–Kier alpha value is -1.64. The molecule has 0 N–H and O–H groups in total. The minimum absolute atomic E-state index is 0.195. The normalized spacial score (nSPS) is 11.6. The lowest BCUT2D eigenvalue weighted by molar-refractivity contribution is 0.624. The maximum atomic E-state index is 14.2. The molecular formula is C16H21FN2. The summed E-state index contributed by atoms with van der Waals surface area (Å²) >= 11 is 0. The quantitative estimate of drug-likeness (QED) is 0.796. The monoisotopic (exact) mass is 260 g/mol. The van der Waals surface area contributed by atoms with Gasteiger partial charge in [0.15, 0.2) is 0 Å². The van der Waals surface area contributed by atoms with E-state index in [0.29, 0.717) is 23.1 Å². The van der Waals surface area contributed by atoms with Gasteiger partial charge in [0, 0.05) is 18.3 Å². The second kappa shape index (κ2) is 5.16. The number of nitrogens with zero attached hydrogens (tertiary/aromatic N) is 2. The topological polar surface area (TPSA) is 17.8 Å². The van der Waals surface area contributed by atoms with Crippen molar-refractivity contribution in [3.05, 3.63) is 41.3 Å². The molecule has 2 nitrogen and oxygen atoms in total. The van der Waals surface area contributed by atoms with Crippen LogP contribution in [0.5, 0.6) is 0 Å². The largest absolute Gasteiger partial charge is 0.272 e. The first-order valence-electron chi connectivity index (χ1n) is 6.74. The summed E-state index contributed by atoms with van der Waals surface area (Å²) in [6, 6.07) is 7.39. The van der Waals surface area contributed by atoms with Crippen LogP contribution < -0.4 is 0 Å². The molecule has 0 radical (unpaired) electrons. The van der Waals surface area contributed by atoms with Gasteiger partial charge in [0.05, 0.1) is 5.69 Å². The fourth-order valence-corrected chi connectivity index (χ4v) is 2.25. The van der Waals surface area contributed by atoms with E-state index < -0.39 is 0 Å². The van der Waals surface area contributed by atoms with E-state index in [4.69, 9.17) is 0 Å². The summed E-state index contributed by atoms with van der Waals surface area (Å²) in [6.45, 7) is 8.34. The van der Waals surface area contributed by atoms with Crippen LogP contribution in [0.4, 0.5) is 4.39 Å². The molecule has 3 heteroatoms. The van der Waals surface area contributed by atoms with Crippen molar-refractivity contribution >= 4 is 0 Å². The van der Waals surface area contributed by atoms with Crippen molar-refractivity contribution in [1.82, 2.24) is 9.78 Å². The maximum absolute atomic E-state index is 14.2. The Bertz CT molecular complexity index is 582. The molecule has 0 unspecified atom stereocenters. The summed E-state index contributed by atoms with van der Waals surface area (Å²) in [5.41, 5.74) is 3.41. The standard InChI is InChI=1S/C16H21FN2/c1-10(2)12-6-7-13(14(17)8-12)15-9-16(11(3)4)19(5)18-15/h6-11H,1-5H3. The number of aryl methyl sites for hydroxylation is 1. The lowest BCUT2D eigenvalue weighted by Gasteiger charge is -2.07. The minimum atomic E-state index is -0.195. The van der Waals surface area contributed by atoms with Crippen molar-refractivity contribution < 1.29 is 4.39 Å². The van der Waals surface area contributed by atoms with Crippen molar-refractivity contribution in [2.45, 2.75) is 39.5 Å². The summed E-state index contributed by atoms with van der Waals surface area (Å²) < 4.78 is 16.0. The molecule has 102 valence electrons. The first-order chi connectivity index (χ1) is 8.90. The molecule has 0 fully saturated rings. The van der Waals surface area contributed by atoms with Gasteiger partial charge in [-0.15, -0.1) is 0 Å². The van der Waals surface area contributed by atoms with E-state index in [-0.39, 0.29) is 5.82 Å². The molecule has 0 amide bonds. The molecule has 0 bridgehead atoms. The van der Waals surface area contributed by atoms with Gasteiger partial charge in [-0.25, -0.2) is 4.39 Å². The van der Waals surface area contributed by atoms with Crippen molar-refractivity contribution in [3.8, 4) is 11.3 Å². The first kappa shape index (κ1) is 13.8. The summed E-state index contributed by atoms with van der Waals surface area (Å²) in [6.07, 6.45) is 0. The average Bonchev–Trinajstić information content (AvgIpc) is 2.71. The Balaban J connectivity index is 2.45. The van der Waals surface area contributed by atoms with E-state index in [0.717, 1.165) is 11.3 Å². The van der Waals surface area contributed by atoms with Crippen LogP contribution in [-0.4, -0.2) is 9.78 Å². The van der Waals surface area contributed by atoms with Gasteiger partial charge in [0.1, 0.15) is 5.82 Å². The van der Waals surface area contributed by atoms with Gasteiger partial charge in [-0.2, -0.15) is 5.10 Å². The smallest absolute Gasteiger partial charge is 0.132 e. The fourth-order valence-electron chi connectivity index (χ4n) is 2.25. The van der Waals surface area contributed by atoms with Gasteiger partial charge < -0.3 is 0 Å². The van der Waals surface area contributed by atoms with E-state index in [1.807, 2.05) is 29.9 Å². The molecule has 2 rings (SSSR count). The van der Waals surface area contributed by atoms with Crippen LogP contribution in [0.25, 0.3) is 11.3 Å². The zero-order valence-corrected chi connectivity index (χ0v) is 12.2. The molecule has 0 spiro atoms. The number of aromatic nitrogens is 2. The van der Waals surface area contributed by atoms with E-state index in [1.54, 1.807) is 6.07 Å². The van der Waals surface area contributed by atoms with Crippen LogP contribution in [0, 0.1) is 5.82 Å². The van der Waals surface area contributed by atoms with E-state index in [9.17, 15) is 4.39 Å². The number of benzene rings is 1. The van der Waals surface area contributed by atoms with Crippen LogP contribution in [0.3, 0.4) is 0 Å². The Labute approximate surface area is 114 Å². The minimum Gasteiger partial charge on any atom is -0.272 e. The molecule has 0 aliphatic carbocycles. The SMILES string of the molecule is CC(C)c1ccc(-c2cc(C(C)C)n(C)n2)c(F)c1. The highest BCUT2D eigenvalue weighted by Crippen LogP contribution is 2.27. The first-order valence-corrected chi connectivity index (χ1v) is 6.74. The van der Waals surface area contributed by atoms with E-state index >= 15 is 0 Å². The summed E-state index contributed by atoms with van der Waals surface area (Å²) in [7, 11) is 1.90. The molecule has 1 aromatic heterocycles. The van der Waals surface area contributed by atoms with Gasteiger partial charge in [-0.05, 0) is 35.6 Å². The maximum Gasteiger partial charge on any atom is 0.132 e. The molecule has 0 aliphatic rings. The predicted molar refractivity (Wildman–Crippen MR) is 76.8 cm³/mol. The molecule has 0 saturated heterocycles. The number of rotatable bonds is 3. The Morgan fingerprint density at radius 3 is 2.21 bits per heavy atom. The zero-order chi connectivity index (χ0) is 14.2. The Morgan fingerprint density at radius 2 is 1.74 bits per heavy atom. The molecule has 1 aromatic carbocycles. The highest BCUT2D eigenvalue weighted by atomic mass is 19.1. The highest BCUT2D eigenvalue weighted by Gasteiger charge is 2.14. The summed E-state index contributed by atoms with van der Waals surface area (Å²) in [4.78, 5) is 0. The van der Waals surface area contributed by atoms with Gasteiger partial charge in [-0.1, -0.05) is 33.8 Å². The molecule has 0 aliphatic heterocycles. The van der Waals surface area contributed by atoms with Crippen molar-refractivity contribution in [3.63, 3.8) is 0 Å². The fraction of sp³-hybridized carbons (Fsp3) is 0.438. The van der Waals surface area contributed by atoms with Crippen LogP contribution in [0.1, 0.15) is 50.8 Å².